The molecule has 178 valence electrons. The van der Waals surface area contributed by atoms with Crippen LogP contribution in [0.3, 0.4) is 0 Å². The first kappa shape index (κ1) is 23.5. The van der Waals surface area contributed by atoms with Crippen molar-refractivity contribution in [1.29, 1.82) is 0 Å². The number of nitrogens with one attached hydrogen (secondary N) is 2. The molecule has 0 aliphatic carbocycles. The van der Waals surface area contributed by atoms with Gasteiger partial charge in [0.05, 0.1) is 10.6 Å². The number of carbonyl (C=O) groups is 1. The minimum absolute atomic E-state index is 0.110. The largest absolute Gasteiger partial charge is 0.457 e. The molecule has 2 N–H and O–H groups in total. The van der Waals surface area contributed by atoms with E-state index in [4.69, 9.17) is 32.7 Å². The summed E-state index contributed by atoms with van der Waals surface area (Å²) in [4.78, 5) is 16.7. The zero-order valence-electron chi connectivity index (χ0n) is 18.5. The molecule has 1 amide bonds. The van der Waals surface area contributed by atoms with Crippen LogP contribution in [0.4, 0.5) is 10.1 Å². The second-order valence-electron chi connectivity index (χ2n) is 7.67. The minimum Gasteiger partial charge on any atom is -0.457 e. The normalized spacial score (nSPS) is 11.2. The zero-order valence-corrected chi connectivity index (χ0v) is 20.1. The molecular weight excluding hydrogens is 501 g/mol. The van der Waals surface area contributed by atoms with Gasteiger partial charge in [-0.25, -0.2) is 9.37 Å². The van der Waals surface area contributed by atoms with Crippen LogP contribution in [-0.2, 0) is 4.79 Å². The lowest BCUT2D eigenvalue weighted by atomic mass is 10.2. The molecule has 36 heavy (non-hydrogen) atoms. The number of benzene rings is 3. The smallest absolute Gasteiger partial charge is 0.250 e. The number of nitrogens with zero attached hydrogens (tertiary/aromatic N) is 1. The molecule has 9 heteroatoms. The van der Waals surface area contributed by atoms with Gasteiger partial charge in [-0.05, 0) is 66.8 Å². The van der Waals surface area contributed by atoms with Gasteiger partial charge >= 0.3 is 0 Å². The third kappa shape index (κ3) is 5.35. The highest BCUT2D eigenvalue weighted by Gasteiger charge is 2.13. The number of fused-ring (bicyclic) bond motifs is 1. The Morgan fingerprint density at radius 2 is 1.83 bits per heavy atom. The number of carbonyl (C=O) groups excluding carboxylic acids is 1. The van der Waals surface area contributed by atoms with Crippen molar-refractivity contribution in [3.8, 4) is 22.8 Å². The number of hydrogen-bond acceptors (Lipinski definition) is 5. The molecule has 6 nitrogen and oxygen atoms in total. The van der Waals surface area contributed by atoms with Crippen molar-refractivity contribution in [2.45, 2.75) is 0 Å². The van der Waals surface area contributed by atoms with Crippen LogP contribution in [-0.4, -0.2) is 16.0 Å². The first-order chi connectivity index (χ1) is 17.4. The van der Waals surface area contributed by atoms with Crippen LogP contribution in [0.1, 0.15) is 5.76 Å². The summed E-state index contributed by atoms with van der Waals surface area (Å²) in [5, 5.41) is 5.83. The minimum atomic E-state index is -0.446. The van der Waals surface area contributed by atoms with Crippen LogP contribution in [0.15, 0.2) is 93.8 Å². The lowest BCUT2D eigenvalue weighted by Gasteiger charge is -2.07. The van der Waals surface area contributed by atoms with Gasteiger partial charge in [0.25, 0.3) is 0 Å². The first-order valence-electron chi connectivity index (χ1n) is 10.8. The SMILES string of the molecule is O=C(/C=C/c1ccc(-c2ccccc2)o1)NC(=S)Nc1ccc2oc(-c3ccc(F)cc3Cl)nc2c1. The van der Waals surface area contributed by atoms with Gasteiger partial charge in [-0.2, -0.15) is 0 Å². The third-order valence-corrected chi connectivity index (χ3v) is 5.64. The molecule has 0 unspecified atom stereocenters. The van der Waals surface area contributed by atoms with E-state index < -0.39 is 11.7 Å². The van der Waals surface area contributed by atoms with Crippen molar-refractivity contribution in [3.63, 3.8) is 0 Å². The average molecular weight is 518 g/mol. The number of amides is 1. The summed E-state index contributed by atoms with van der Waals surface area (Å²) in [5.41, 5.74) is 3.08. The van der Waals surface area contributed by atoms with Crippen LogP contribution in [0.5, 0.6) is 0 Å². The molecule has 5 rings (SSSR count). The van der Waals surface area contributed by atoms with Crippen LogP contribution in [0.25, 0.3) is 40.0 Å². The number of halogens is 2. The molecule has 3 aromatic carbocycles. The van der Waals surface area contributed by atoms with Crippen LogP contribution >= 0.6 is 23.8 Å². The van der Waals surface area contributed by atoms with E-state index >= 15 is 0 Å². The number of thiocarbonyl (C=S) groups is 1. The third-order valence-electron chi connectivity index (χ3n) is 5.13. The van der Waals surface area contributed by atoms with Crippen LogP contribution in [0.2, 0.25) is 5.02 Å². The van der Waals surface area contributed by atoms with Gasteiger partial charge in [0, 0.05) is 17.3 Å². The van der Waals surface area contributed by atoms with Crippen molar-refractivity contribution in [2.75, 3.05) is 5.32 Å². The van der Waals surface area contributed by atoms with Gasteiger partial charge < -0.3 is 14.2 Å². The number of hydrogen-bond donors (Lipinski definition) is 2. The van der Waals surface area contributed by atoms with Crippen molar-refractivity contribution >= 4 is 57.7 Å². The molecule has 0 fully saturated rings. The summed E-state index contributed by atoms with van der Waals surface area (Å²) in [6.45, 7) is 0. The monoisotopic (exact) mass is 517 g/mol. The fraction of sp³-hybridized carbons (Fsp3) is 0. The summed E-state index contributed by atoms with van der Waals surface area (Å²) in [7, 11) is 0. The molecule has 5 aromatic rings. The van der Waals surface area contributed by atoms with Crippen molar-refractivity contribution in [1.82, 2.24) is 10.3 Å². The Balaban J connectivity index is 1.21. The molecule has 0 radical (unpaired) electrons. The van der Waals surface area contributed by atoms with E-state index in [2.05, 4.69) is 15.6 Å². The zero-order chi connectivity index (χ0) is 25.1. The fourth-order valence-corrected chi connectivity index (χ4v) is 3.92. The van der Waals surface area contributed by atoms with Crippen LogP contribution < -0.4 is 10.6 Å². The van der Waals surface area contributed by atoms with Crippen molar-refractivity contribution in [2.24, 2.45) is 0 Å². The molecule has 0 saturated carbocycles. The maximum atomic E-state index is 13.3. The number of anilines is 1. The number of furan rings is 1. The summed E-state index contributed by atoms with van der Waals surface area (Å²) >= 11 is 11.4. The Bertz CT molecular complexity index is 1610. The predicted octanol–water partition coefficient (Wildman–Crippen LogP) is 7.07. The van der Waals surface area contributed by atoms with Gasteiger partial charge in [-0.1, -0.05) is 41.9 Å². The molecule has 0 aliphatic rings. The molecule has 0 aliphatic heterocycles. The number of oxazole rings is 1. The Morgan fingerprint density at radius 1 is 1.00 bits per heavy atom. The van der Waals surface area contributed by atoms with E-state index in [-0.39, 0.29) is 16.0 Å². The molecular formula is C27H17ClFN3O3S. The predicted molar refractivity (Wildman–Crippen MR) is 142 cm³/mol. The maximum Gasteiger partial charge on any atom is 0.250 e. The summed E-state index contributed by atoms with van der Waals surface area (Å²) in [6.07, 6.45) is 2.90. The Hall–Kier alpha value is -4.27. The van der Waals surface area contributed by atoms with E-state index in [0.717, 1.165) is 5.56 Å². The van der Waals surface area contributed by atoms with Gasteiger partial charge in [0.1, 0.15) is 22.9 Å². The van der Waals surface area contributed by atoms with E-state index in [1.165, 1.54) is 24.3 Å². The average Bonchev–Trinajstić information content (AvgIpc) is 3.50. The van der Waals surface area contributed by atoms with E-state index in [1.54, 1.807) is 30.3 Å². The Kier molecular flexibility index (Phi) is 6.62. The molecule has 0 bridgehead atoms. The van der Waals surface area contributed by atoms with E-state index in [0.29, 0.717) is 33.9 Å². The quantitative estimate of drug-likeness (QED) is 0.192. The van der Waals surface area contributed by atoms with E-state index in [1.807, 2.05) is 36.4 Å². The highest BCUT2D eigenvalue weighted by Crippen LogP contribution is 2.31. The second kappa shape index (κ2) is 10.2. The topological polar surface area (TPSA) is 80.3 Å². The Labute approximate surface area is 215 Å². The highest BCUT2D eigenvalue weighted by molar-refractivity contribution is 7.80. The molecule has 2 aromatic heterocycles. The summed E-state index contributed by atoms with van der Waals surface area (Å²) in [6, 6.07) is 22.4. The highest BCUT2D eigenvalue weighted by atomic mass is 35.5. The number of rotatable bonds is 5. The Morgan fingerprint density at radius 3 is 2.64 bits per heavy atom. The van der Waals surface area contributed by atoms with Gasteiger partial charge in [-0.3, -0.25) is 10.1 Å². The lowest BCUT2D eigenvalue weighted by molar-refractivity contribution is -0.115. The van der Waals surface area contributed by atoms with Gasteiger partial charge in [0.15, 0.2) is 10.7 Å². The molecule has 0 saturated heterocycles. The standard InChI is InChI=1S/C27H17ClFN3O3S/c28-21-14-17(29)6-10-20(21)26-31-22-15-18(7-11-24(22)35-26)30-27(36)32-25(33)13-9-19-8-12-23(34-19)16-4-2-1-3-5-16/h1-15H,(H2,30,32,33,36)/b13-9+. The van der Waals surface area contributed by atoms with Crippen LogP contribution in [0, 0.1) is 5.82 Å². The van der Waals surface area contributed by atoms with Crippen molar-refractivity contribution in [3.05, 3.63) is 102 Å². The molecule has 2 heterocycles. The summed E-state index contributed by atoms with van der Waals surface area (Å²) in [5.74, 6) is 0.651. The van der Waals surface area contributed by atoms with E-state index in [9.17, 15) is 9.18 Å². The van der Waals surface area contributed by atoms with Gasteiger partial charge in [-0.15, -0.1) is 0 Å². The van der Waals surface area contributed by atoms with Crippen molar-refractivity contribution < 1.29 is 18.0 Å². The summed E-state index contributed by atoms with van der Waals surface area (Å²) < 4.78 is 24.8. The maximum absolute atomic E-state index is 13.3. The number of aromatic nitrogens is 1. The molecule has 0 atom stereocenters. The first-order valence-corrected chi connectivity index (χ1v) is 11.5. The lowest BCUT2D eigenvalue weighted by Crippen LogP contribution is -2.32. The van der Waals surface area contributed by atoms with Gasteiger partial charge in [0.2, 0.25) is 11.8 Å². The molecule has 0 spiro atoms. The second-order valence-corrected chi connectivity index (χ2v) is 8.49. The fourth-order valence-electron chi connectivity index (χ4n) is 3.46.